The molecule has 6 nitrogen and oxygen atoms in total. The molecule has 1 rings (SSSR count). The van der Waals surface area contributed by atoms with Gasteiger partial charge in [-0.25, -0.2) is 9.97 Å². The van der Waals surface area contributed by atoms with Crippen molar-refractivity contribution >= 4 is 17.5 Å². The highest BCUT2D eigenvalue weighted by Crippen LogP contribution is 2.20. The van der Waals surface area contributed by atoms with E-state index in [4.69, 9.17) is 5.73 Å². The first-order valence-electron chi connectivity index (χ1n) is 6.48. The fraction of sp³-hybridized carbons (Fsp3) is 0.615. The fourth-order valence-electron chi connectivity index (χ4n) is 1.76. The molecular weight excluding hydrogens is 242 g/mol. The number of anilines is 2. The summed E-state index contributed by atoms with van der Waals surface area (Å²) in [6.07, 6.45) is 0.712. The summed E-state index contributed by atoms with van der Waals surface area (Å²) in [4.78, 5) is 22.2. The number of carbonyl (C=O) groups is 1. The van der Waals surface area contributed by atoms with Gasteiger partial charge >= 0.3 is 0 Å². The van der Waals surface area contributed by atoms with Gasteiger partial charge in [-0.3, -0.25) is 4.79 Å². The van der Waals surface area contributed by atoms with E-state index in [9.17, 15) is 4.79 Å². The smallest absolute Gasteiger partial charge is 0.239 e. The van der Waals surface area contributed by atoms with Gasteiger partial charge in [0.1, 0.15) is 17.5 Å². The molecule has 0 bridgehead atoms. The Labute approximate surface area is 114 Å². The maximum Gasteiger partial charge on any atom is 0.239 e. The highest BCUT2D eigenvalue weighted by Gasteiger charge is 2.15. The van der Waals surface area contributed by atoms with Crippen LogP contribution in [0.3, 0.4) is 0 Å². The zero-order valence-corrected chi connectivity index (χ0v) is 12.3. The average molecular weight is 265 g/mol. The lowest BCUT2D eigenvalue weighted by Crippen LogP contribution is -2.39. The molecule has 0 unspecified atom stereocenters. The van der Waals surface area contributed by atoms with E-state index in [1.54, 1.807) is 4.90 Å². The molecule has 0 aliphatic rings. The molecule has 0 fully saturated rings. The summed E-state index contributed by atoms with van der Waals surface area (Å²) >= 11 is 0. The van der Waals surface area contributed by atoms with Crippen molar-refractivity contribution in [2.24, 2.45) is 0 Å². The third-order valence-electron chi connectivity index (χ3n) is 2.71. The summed E-state index contributed by atoms with van der Waals surface area (Å²) in [5, 5.41) is 2.85. The van der Waals surface area contributed by atoms with Crippen LogP contribution in [0, 0.1) is 6.92 Å². The van der Waals surface area contributed by atoms with Crippen molar-refractivity contribution in [3.8, 4) is 0 Å². The number of aromatic nitrogens is 2. The Balaban J connectivity index is 2.90. The standard InChI is InChI=1S/C13H23N5O/c1-6-10-16-12(14)9(4)13(17-10)18(5)7-11(19)15-8(2)3/h8H,6-7H2,1-5H3,(H,15,19)(H2,14,16,17). The van der Waals surface area contributed by atoms with Crippen LogP contribution in [0.1, 0.15) is 32.2 Å². The summed E-state index contributed by atoms with van der Waals surface area (Å²) in [7, 11) is 1.83. The van der Waals surface area contributed by atoms with Crippen LogP contribution >= 0.6 is 0 Å². The SMILES string of the molecule is CCc1nc(N)c(C)c(N(C)CC(=O)NC(C)C)n1. The second kappa shape index (κ2) is 6.36. The van der Waals surface area contributed by atoms with Gasteiger partial charge in [0.05, 0.1) is 6.54 Å². The largest absolute Gasteiger partial charge is 0.383 e. The number of nitrogens with zero attached hydrogens (tertiary/aromatic N) is 3. The van der Waals surface area contributed by atoms with Crippen molar-refractivity contribution in [3.63, 3.8) is 0 Å². The van der Waals surface area contributed by atoms with Crippen molar-refractivity contribution in [1.29, 1.82) is 0 Å². The van der Waals surface area contributed by atoms with Crippen LogP contribution in [-0.4, -0.2) is 35.5 Å². The number of nitrogen functional groups attached to an aromatic ring is 1. The molecule has 0 atom stereocenters. The van der Waals surface area contributed by atoms with Gasteiger partial charge in [-0.05, 0) is 20.8 Å². The molecule has 0 aliphatic heterocycles. The Morgan fingerprint density at radius 2 is 2.05 bits per heavy atom. The van der Waals surface area contributed by atoms with E-state index in [1.165, 1.54) is 0 Å². The van der Waals surface area contributed by atoms with Gasteiger partial charge < -0.3 is 16.0 Å². The minimum absolute atomic E-state index is 0.0351. The number of nitrogens with two attached hydrogens (primary N) is 1. The van der Waals surface area contributed by atoms with Gasteiger partial charge in [0.25, 0.3) is 0 Å². The molecule has 19 heavy (non-hydrogen) atoms. The van der Waals surface area contributed by atoms with E-state index in [2.05, 4.69) is 15.3 Å². The monoisotopic (exact) mass is 265 g/mol. The number of likely N-dealkylation sites (N-methyl/N-ethyl adjacent to an activating group) is 1. The summed E-state index contributed by atoms with van der Waals surface area (Å²) in [5.74, 6) is 1.84. The van der Waals surface area contributed by atoms with Crippen molar-refractivity contribution < 1.29 is 4.79 Å². The van der Waals surface area contributed by atoms with E-state index in [-0.39, 0.29) is 18.5 Å². The second-order valence-corrected chi connectivity index (χ2v) is 4.91. The Bertz CT molecular complexity index is 459. The molecule has 0 radical (unpaired) electrons. The first-order chi connectivity index (χ1) is 8.85. The molecule has 0 spiro atoms. The topological polar surface area (TPSA) is 84.1 Å². The summed E-state index contributed by atoms with van der Waals surface area (Å²) < 4.78 is 0. The number of carbonyl (C=O) groups excluding carboxylic acids is 1. The van der Waals surface area contributed by atoms with Crippen LogP contribution in [0.2, 0.25) is 0 Å². The van der Waals surface area contributed by atoms with Crippen molar-refractivity contribution in [2.45, 2.75) is 40.2 Å². The number of hydrogen-bond acceptors (Lipinski definition) is 5. The van der Waals surface area contributed by atoms with E-state index in [0.29, 0.717) is 23.9 Å². The molecule has 1 heterocycles. The first kappa shape index (κ1) is 15.2. The third-order valence-corrected chi connectivity index (χ3v) is 2.71. The lowest BCUT2D eigenvalue weighted by molar-refractivity contribution is -0.120. The van der Waals surface area contributed by atoms with Crippen LogP contribution in [-0.2, 0) is 11.2 Å². The van der Waals surface area contributed by atoms with Crippen LogP contribution in [0.25, 0.3) is 0 Å². The summed E-state index contributed by atoms with van der Waals surface area (Å²) in [6, 6.07) is 0.128. The zero-order valence-electron chi connectivity index (χ0n) is 12.3. The number of amides is 1. The quantitative estimate of drug-likeness (QED) is 0.826. The fourth-order valence-corrected chi connectivity index (χ4v) is 1.76. The predicted molar refractivity (Wildman–Crippen MR) is 77.1 cm³/mol. The lowest BCUT2D eigenvalue weighted by atomic mass is 10.2. The number of nitrogens with one attached hydrogen (secondary N) is 1. The molecule has 0 aromatic carbocycles. The maximum atomic E-state index is 11.8. The van der Waals surface area contributed by atoms with E-state index >= 15 is 0 Å². The van der Waals surface area contributed by atoms with E-state index in [1.807, 2.05) is 34.7 Å². The summed E-state index contributed by atoms with van der Waals surface area (Å²) in [5.41, 5.74) is 6.67. The van der Waals surface area contributed by atoms with Crippen LogP contribution in [0.4, 0.5) is 11.6 Å². The van der Waals surface area contributed by atoms with Crippen LogP contribution < -0.4 is 16.0 Å². The van der Waals surface area contributed by atoms with Crippen molar-refractivity contribution in [1.82, 2.24) is 15.3 Å². The average Bonchev–Trinajstić information content (AvgIpc) is 2.30. The predicted octanol–water partition coefficient (Wildman–Crippen LogP) is 0.890. The Kier molecular flexibility index (Phi) is 5.09. The second-order valence-electron chi connectivity index (χ2n) is 4.91. The minimum Gasteiger partial charge on any atom is -0.383 e. The molecule has 3 N–H and O–H groups in total. The molecule has 106 valence electrons. The van der Waals surface area contributed by atoms with Crippen molar-refractivity contribution in [2.75, 3.05) is 24.2 Å². The minimum atomic E-state index is -0.0351. The third kappa shape index (κ3) is 4.08. The Morgan fingerprint density at radius 1 is 1.42 bits per heavy atom. The molecule has 6 heteroatoms. The van der Waals surface area contributed by atoms with Crippen LogP contribution in [0.15, 0.2) is 0 Å². The van der Waals surface area contributed by atoms with Gasteiger partial charge in [-0.2, -0.15) is 0 Å². The highest BCUT2D eigenvalue weighted by atomic mass is 16.2. The van der Waals surface area contributed by atoms with Gasteiger partial charge in [0.15, 0.2) is 0 Å². The number of aryl methyl sites for hydroxylation is 1. The molecular formula is C13H23N5O. The van der Waals surface area contributed by atoms with Crippen molar-refractivity contribution in [3.05, 3.63) is 11.4 Å². The Morgan fingerprint density at radius 3 is 2.58 bits per heavy atom. The normalized spacial score (nSPS) is 10.6. The molecule has 0 aliphatic carbocycles. The highest BCUT2D eigenvalue weighted by molar-refractivity contribution is 5.81. The molecule has 0 saturated heterocycles. The zero-order chi connectivity index (χ0) is 14.6. The number of hydrogen-bond donors (Lipinski definition) is 2. The van der Waals surface area contributed by atoms with Gasteiger partial charge in [-0.15, -0.1) is 0 Å². The first-order valence-corrected chi connectivity index (χ1v) is 6.48. The van der Waals surface area contributed by atoms with Crippen LogP contribution in [0.5, 0.6) is 0 Å². The van der Waals surface area contributed by atoms with Gasteiger partial charge in [-0.1, -0.05) is 6.92 Å². The van der Waals surface area contributed by atoms with E-state index < -0.39 is 0 Å². The Hall–Kier alpha value is -1.85. The number of rotatable bonds is 5. The van der Waals surface area contributed by atoms with Gasteiger partial charge in [0, 0.05) is 25.1 Å². The van der Waals surface area contributed by atoms with Gasteiger partial charge in [0.2, 0.25) is 5.91 Å². The molecule has 1 amide bonds. The molecule has 1 aromatic rings. The molecule has 0 saturated carbocycles. The molecule has 1 aromatic heterocycles. The lowest BCUT2D eigenvalue weighted by Gasteiger charge is -2.21. The maximum absolute atomic E-state index is 11.8. The van der Waals surface area contributed by atoms with E-state index in [0.717, 1.165) is 5.56 Å². The summed E-state index contributed by atoms with van der Waals surface area (Å²) in [6.45, 7) is 7.95.